The first kappa shape index (κ1) is 18.6. The molecule has 6 nitrogen and oxygen atoms in total. The van der Waals surface area contributed by atoms with Gasteiger partial charge >= 0.3 is 0 Å². The normalized spacial score (nSPS) is 14.5. The number of fused-ring (bicyclic) bond motifs is 1. The summed E-state index contributed by atoms with van der Waals surface area (Å²) in [4.78, 5) is 13.5. The minimum absolute atomic E-state index is 0.00519. The lowest BCUT2D eigenvalue weighted by Crippen LogP contribution is -2.39. The van der Waals surface area contributed by atoms with Gasteiger partial charge in [0, 0.05) is 25.2 Å². The molecule has 138 valence electrons. The fraction of sp³-hybridized carbons (Fsp3) is 0.235. The second-order valence-electron chi connectivity index (χ2n) is 5.69. The molecule has 0 unspecified atom stereocenters. The summed E-state index contributed by atoms with van der Waals surface area (Å²) in [5.41, 5.74) is 0.853. The average molecular weight is 399 g/mol. The molecule has 3 rings (SSSR count). The van der Waals surface area contributed by atoms with Gasteiger partial charge in [-0.15, -0.1) is 0 Å². The zero-order valence-electron chi connectivity index (χ0n) is 13.6. The monoisotopic (exact) mass is 398 g/mol. The fourth-order valence-electron chi connectivity index (χ4n) is 2.55. The number of rotatable bonds is 5. The number of carbonyl (C=O) groups excluding carboxylic acids is 1. The van der Waals surface area contributed by atoms with Crippen molar-refractivity contribution in [2.24, 2.45) is 0 Å². The van der Waals surface area contributed by atoms with E-state index in [4.69, 9.17) is 16.3 Å². The number of halogens is 2. The van der Waals surface area contributed by atoms with E-state index >= 15 is 0 Å². The SMILES string of the molecule is O=C1COc2ccccc2CN1CCNS(=O)(=O)c1ccc(F)c(Cl)c1. The van der Waals surface area contributed by atoms with Crippen molar-refractivity contribution >= 4 is 27.5 Å². The zero-order chi connectivity index (χ0) is 18.7. The zero-order valence-corrected chi connectivity index (χ0v) is 15.2. The molecule has 26 heavy (non-hydrogen) atoms. The third kappa shape index (κ3) is 4.14. The smallest absolute Gasteiger partial charge is 0.260 e. The van der Waals surface area contributed by atoms with E-state index in [1.807, 2.05) is 18.2 Å². The summed E-state index contributed by atoms with van der Waals surface area (Å²) in [5.74, 6) is -0.283. The molecule has 0 aromatic heterocycles. The molecule has 0 fully saturated rings. The van der Waals surface area contributed by atoms with Crippen molar-refractivity contribution in [3.63, 3.8) is 0 Å². The number of hydrogen-bond acceptors (Lipinski definition) is 4. The fourth-order valence-corrected chi connectivity index (χ4v) is 3.84. The van der Waals surface area contributed by atoms with Gasteiger partial charge in [0.15, 0.2) is 6.61 Å². The van der Waals surface area contributed by atoms with E-state index in [-0.39, 0.29) is 35.5 Å². The van der Waals surface area contributed by atoms with E-state index in [1.54, 1.807) is 6.07 Å². The average Bonchev–Trinajstić information content (AvgIpc) is 2.77. The van der Waals surface area contributed by atoms with Gasteiger partial charge in [-0.2, -0.15) is 0 Å². The van der Waals surface area contributed by atoms with Gasteiger partial charge in [-0.25, -0.2) is 17.5 Å². The largest absolute Gasteiger partial charge is 0.483 e. The summed E-state index contributed by atoms with van der Waals surface area (Å²) in [6, 6.07) is 10.5. The van der Waals surface area contributed by atoms with Crippen LogP contribution in [0.3, 0.4) is 0 Å². The highest BCUT2D eigenvalue weighted by Crippen LogP contribution is 2.23. The second-order valence-corrected chi connectivity index (χ2v) is 7.86. The van der Waals surface area contributed by atoms with Crippen molar-refractivity contribution < 1.29 is 22.3 Å². The molecule has 0 bridgehead atoms. The Bertz CT molecular complexity index is 936. The Labute approximate surface area is 155 Å². The number of amides is 1. The van der Waals surface area contributed by atoms with Gasteiger partial charge in [0.25, 0.3) is 5.91 Å². The van der Waals surface area contributed by atoms with Gasteiger partial charge in [-0.05, 0) is 24.3 Å². The van der Waals surface area contributed by atoms with Crippen LogP contribution in [0.15, 0.2) is 47.4 Å². The lowest BCUT2D eigenvalue weighted by Gasteiger charge is -2.20. The van der Waals surface area contributed by atoms with Crippen molar-refractivity contribution in [3.05, 3.63) is 58.9 Å². The number of ether oxygens (including phenoxy) is 1. The number of para-hydroxylation sites is 1. The molecule has 1 heterocycles. The molecule has 0 radical (unpaired) electrons. The van der Waals surface area contributed by atoms with E-state index < -0.39 is 15.8 Å². The molecule has 0 aliphatic carbocycles. The second kappa shape index (κ2) is 7.61. The summed E-state index contributed by atoms with van der Waals surface area (Å²) in [7, 11) is -3.86. The van der Waals surface area contributed by atoms with E-state index in [2.05, 4.69) is 4.72 Å². The van der Waals surface area contributed by atoms with Crippen LogP contribution in [0.25, 0.3) is 0 Å². The Morgan fingerprint density at radius 3 is 2.77 bits per heavy atom. The molecule has 1 amide bonds. The maximum Gasteiger partial charge on any atom is 0.260 e. The highest BCUT2D eigenvalue weighted by Gasteiger charge is 2.22. The minimum Gasteiger partial charge on any atom is -0.483 e. The standard InChI is InChI=1S/C17H16ClFN2O4S/c18-14-9-13(5-6-15(14)19)26(23,24)20-7-8-21-10-12-3-1-2-4-16(12)25-11-17(21)22/h1-6,9,20H,7-8,10-11H2. The minimum atomic E-state index is -3.86. The highest BCUT2D eigenvalue weighted by atomic mass is 35.5. The van der Waals surface area contributed by atoms with Gasteiger partial charge in [0.2, 0.25) is 10.0 Å². The Morgan fingerprint density at radius 2 is 2.00 bits per heavy atom. The lowest BCUT2D eigenvalue weighted by molar-refractivity contribution is -0.133. The maximum absolute atomic E-state index is 13.2. The molecular weight excluding hydrogens is 383 g/mol. The molecule has 2 aromatic rings. The van der Waals surface area contributed by atoms with Crippen LogP contribution in [0.4, 0.5) is 4.39 Å². The van der Waals surface area contributed by atoms with Gasteiger partial charge < -0.3 is 9.64 Å². The van der Waals surface area contributed by atoms with Gasteiger partial charge in [0.1, 0.15) is 11.6 Å². The first-order chi connectivity index (χ1) is 12.4. The van der Waals surface area contributed by atoms with Crippen LogP contribution < -0.4 is 9.46 Å². The quantitative estimate of drug-likeness (QED) is 0.837. The first-order valence-electron chi connectivity index (χ1n) is 7.80. The van der Waals surface area contributed by atoms with Crippen molar-refractivity contribution in [2.45, 2.75) is 11.4 Å². The number of carbonyl (C=O) groups is 1. The summed E-state index contributed by atoms with van der Waals surface area (Å²) < 4.78 is 45.6. The number of benzene rings is 2. The van der Waals surface area contributed by atoms with E-state index in [9.17, 15) is 17.6 Å². The molecule has 0 saturated carbocycles. The lowest BCUT2D eigenvalue weighted by atomic mass is 10.2. The molecular formula is C17H16ClFN2O4S. The predicted molar refractivity (Wildman–Crippen MR) is 94.0 cm³/mol. The number of sulfonamides is 1. The third-order valence-corrected chi connectivity index (χ3v) is 5.66. The van der Waals surface area contributed by atoms with Gasteiger partial charge in [-0.3, -0.25) is 4.79 Å². The van der Waals surface area contributed by atoms with Crippen LogP contribution in [-0.2, 0) is 21.4 Å². The molecule has 9 heteroatoms. The Kier molecular flexibility index (Phi) is 5.45. The maximum atomic E-state index is 13.2. The predicted octanol–water partition coefficient (Wildman–Crippen LogP) is 2.18. The van der Waals surface area contributed by atoms with Gasteiger partial charge in [0.05, 0.1) is 9.92 Å². The summed E-state index contributed by atoms with van der Waals surface area (Å²) in [6.45, 7) is 0.409. The highest BCUT2D eigenvalue weighted by molar-refractivity contribution is 7.89. The summed E-state index contributed by atoms with van der Waals surface area (Å²) in [5, 5.41) is -0.274. The van der Waals surface area contributed by atoms with Crippen molar-refractivity contribution in [3.8, 4) is 5.75 Å². The first-order valence-corrected chi connectivity index (χ1v) is 9.66. The van der Waals surface area contributed by atoms with Crippen LogP contribution >= 0.6 is 11.6 Å². The van der Waals surface area contributed by atoms with Crippen molar-refractivity contribution in [2.75, 3.05) is 19.7 Å². The number of hydrogen-bond donors (Lipinski definition) is 1. The molecule has 0 spiro atoms. The molecule has 2 aromatic carbocycles. The Balaban J connectivity index is 1.65. The van der Waals surface area contributed by atoms with Crippen molar-refractivity contribution in [1.82, 2.24) is 9.62 Å². The van der Waals surface area contributed by atoms with Crippen molar-refractivity contribution in [1.29, 1.82) is 0 Å². The van der Waals surface area contributed by atoms with Crippen LogP contribution in [-0.4, -0.2) is 38.9 Å². The van der Waals surface area contributed by atoms with Gasteiger partial charge in [-0.1, -0.05) is 29.8 Å². The number of nitrogens with one attached hydrogen (secondary N) is 1. The van der Waals surface area contributed by atoms with E-state index in [0.717, 1.165) is 23.8 Å². The molecule has 1 aliphatic heterocycles. The Hall–Kier alpha value is -2.16. The molecule has 1 aliphatic rings. The summed E-state index contributed by atoms with van der Waals surface area (Å²) in [6.07, 6.45) is 0. The topological polar surface area (TPSA) is 75.7 Å². The molecule has 1 N–H and O–H groups in total. The van der Waals surface area contributed by atoms with Crippen LogP contribution in [0.1, 0.15) is 5.56 Å². The van der Waals surface area contributed by atoms with Crippen LogP contribution in [0, 0.1) is 5.82 Å². The molecule has 0 saturated heterocycles. The van der Waals surface area contributed by atoms with Crippen LogP contribution in [0.5, 0.6) is 5.75 Å². The number of nitrogens with zero attached hydrogens (tertiary/aromatic N) is 1. The Morgan fingerprint density at radius 1 is 1.23 bits per heavy atom. The molecule has 0 atom stereocenters. The third-order valence-electron chi connectivity index (χ3n) is 3.91. The van der Waals surface area contributed by atoms with E-state index in [0.29, 0.717) is 12.3 Å². The summed E-state index contributed by atoms with van der Waals surface area (Å²) >= 11 is 5.63. The van der Waals surface area contributed by atoms with E-state index in [1.165, 1.54) is 4.90 Å². The van der Waals surface area contributed by atoms with Crippen LogP contribution in [0.2, 0.25) is 5.02 Å².